The number of nitrogens with zero attached hydrogens (tertiary/aromatic N) is 2. The fourth-order valence-corrected chi connectivity index (χ4v) is 3.67. The van der Waals surface area contributed by atoms with Crippen LogP contribution in [0, 0.1) is 5.82 Å². The van der Waals surface area contributed by atoms with E-state index in [9.17, 15) is 14.0 Å². The zero-order valence-electron chi connectivity index (χ0n) is 14.6. The summed E-state index contributed by atoms with van der Waals surface area (Å²) in [6.07, 6.45) is 0. The van der Waals surface area contributed by atoms with Crippen LogP contribution in [-0.2, 0) is 4.79 Å². The molecular weight excluding hydrogens is 424 g/mol. The summed E-state index contributed by atoms with van der Waals surface area (Å²) in [5.74, 6) is -1.20. The number of nitrogens with one attached hydrogen (secondary N) is 1. The molecule has 5 nitrogen and oxygen atoms in total. The van der Waals surface area contributed by atoms with E-state index >= 15 is 0 Å². The highest BCUT2D eigenvalue weighted by atomic mass is 35.5. The van der Waals surface area contributed by atoms with Crippen LogP contribution in [0.15, 0.2) is 47.8 Å². The Bertz CT molecular complexity index is 1000. The first-order valence-corrected chi connectivity index (χ1v) is 9.69. The third kappa shape index (κ3) is 4.67. The quantitative estimate of drug-likeness (QED) is 0.612. The highest BCUT2D eigenvalue weighted by molar-refractivity contribution is 7.13. The summed E-state index contributed by atoms with van der Waals surface area (Å²) in [7, 11) is 1.49. The van der Waals surface area contributed by atoms with E-state index in [0.717, 1.165) is 0 Å². The minimum Gasteiger partial charge on any atom is -0.331 e. The van der Waals surface area contributed by atoms with Gasteiger partial charge >= 0.3 is 0 Å². The van der Waals surface area contributed by atoms with Crippen molar-refractivity contribution in [1.29, 1.82) is 0 Å². The van der Waals surface area contributed by atoms with Gasteiger partial charge in [0.25, 0.3) is 5.91 Å². The lowest BCUT2D eigenvalue weighted by Gasteiger charge is -2.16. The van der Waals surface area contributed by atoms with Gasteiger partial charge in [-0.25, -0.2) is 9.37 Å². The van der Waals surface area contributed by atoms with Crippen LogP contribution in [-0.4, -0.2) is 35.3 Å². The van der Waals surface area contributed by atoms with Crippen molar-refractivity contribution in [2.75, 3.05) is 18.9 Å². The predicted molar refractivity (Wildman–Crippen MR) is 110 cm³/mol. The Morgan fingerprint density at radius 2 is 1.79 bits per heavy atom. The first-order valence-electron chi connectivity index (χ1n) is 8.06. The molecule has 9 heteroatoms. The molecule has 28 heavy (non-hydrogen) atoms. The maximum atomic E-state index is 13.0. The van der Waals surface area contributed by atoms with Gasteiger partial charge in [-0.2, -0.15) is 0 Å². The molecule has 0 saturated carbocycles. The minimum absolute atomic E-state index is 0.204. The van der Waals surface area contributed by atoms with Crippen molar-refractivity contribution < 1.29 is 14.0 Å². The highest BCUT2D eigenvalue weighted by Gasteiger charge is 2.19. The number of amides is 2. The van der Waals surface area contributed by atoms with Gasteiger partial charge in [-0.15, -0.1) is 11.3 Å². The lowest BCUT2D eigenvalue weighted by molar-refractivity contribution is -0.116. The number of para-hydroxylation sites is 1. The number of halogens is 3. The zero-order valence-corrected chi connectivity index (χ0v) is 16.9. The van der Waals surface area contributed by atoms with E-state index in [2.05, 4.69) is 10.3 Å². The van der Waals surface area contributed by atoms with Gasteiger partial charge in [-0.1, -0.05) is 29.3 Å². The molecule has 0 spiro atoms. The van der Waals surface area contributed by atoms with Crippen molar-refractivity contribution in [2.45, 2.75) is 0 Å². The summed E-state index contributed by atoms with van der Waals surface area (Å²) >= 11 is 13.3. The van der Waals surface area contributed by atoms with Crippen LogP contribution in [0.2, 0.25) is 10.0 Å². The van der Waals surface area contributed by atoms with Crippen molar-refractivity contribution in [3.05, 3.63) is 69.4 Å². The van der Waals surface area contributed by atoms with E-state index in [1.807, 2.05) is 0 Å². The normalized spacial score (nSPS) is 10.6. The molecule has 0 aliphatic carbocycles. The Balaban J connectivity index is 1.66. The fourth-order valence-electron chi connectivity index (χ4n) is 2.38. The van der Waals surface area contributed by atoms with Crippen LogP contribution < -0.4 is 5.32 Å². The minimum atomic E-state index is -0.445. The summed E-state index contributed by atoms with van der Waals surface area (Å²) in [4.78, 5) is 30.3. The van der Waals surface area contributed by atoms with Gasteiger partial charge in [-0.05, 0) is 36.4 Å². The van der Waals surface area contributed by atoms with E-state index in [1.165, 1.54) is 35.4 Å². The maximum Gasteiger partial charge on any atom is 0.273 e. The van der Waals surface area contributed by atoms with Gasteiger partial charge in [0.15, 0.2) is 0 Å². The van der Waals surface area contributed by atoms with Gasteiger partial charge in [0.1, 0.15) is 16.5 Å². The lowest BCUT2D eigenvalue weighted by atomic mass is 10.2. The summed E-state index contributed by atoms with van der Waals surface area (Å²) in [6.45, 7) is -0.205. The topological polar surface area (TPSA) is 62.3 Å². The first-order chi connectivity index (χ1) is 13.3. The van der Waals surface area contributed by atoms with Gasteiger partial charge in [0, 0.05) is 18.0 Å². The number of hydrogen-bond acceptors (Lipinski definition) is 4. The Kier molecular flexibility index (Phi) is 6.28. The molecule has 1 heterocycles. The molecule has 0 unspecified atom stereocenters. The monoisotopic (exact) mass is 437 g/mol. The fraction of sp³-hybridized carbons (Fsp3) is 0.105. The largest absolute Gasteiger partial charge is 0.331 e. The van der Waals surface area contributed by atoms with Crippen LogP contribution in [0.5, 0.6) is 0 Å². The molecule has 0 fully saturated rings. The SMILES string of the molecule is CN(CC(=O)Nc1c(Cl)cccc1Cl)C(=O)c1csc(-c2ccc(F)cc2)n1. The third-order valence-electron chi connectivity index (χ3n) is 3.77. The van der Waals surface area contributed by atoms with Gasteiger partial charge in [0.05, 0.1) is 22.3 Å². The Hall–Kier alpha value is -2.48. The van der Waals surface area contributed by atoms with Crippen molar-refractivity contribution in [3.63, 3.8) is 0 Å². The molecule has 144 valence electrons. The van der Waals surface area contributed by atoms with Crippen LogP contribution in [0.1, 0.15) is 10.5 Å². The highest BCUT2D eigenvalue weighted by Crippen LogP contribution is 2.29. The number of aromatic nitrogens is 1. The maximum absolute atomic E-state index is 13.0. The smallest absolute Gasteiger partial charge is 0.273 e. The number of benzene rings is 2. The van der Waals surface area contributed by atoms with Crippen molar-refractivity contribution in [2.24, 2.45) is 0 Å². The first kappa shape index (κ1) is 20.3. The number of hydrogen-bond donors (Lipinski definition) is 1. The molecule has 0 saturated heterocycles. The molecule has 1 aromatic heterocycles. The summed E-state index contributed by atoms with van der Waals surface area (Å²) < 4.78 is 13.0. The van der Waals surface area contributed by atoms with E-state index in [-0.39, 0.29) is 18.1 Å². The predicted octanol–water partition coefficient (Wildman–Crippen LogP) is 4.97. The second kappa shape index (κ2) is 8.68. The summed E-state index contributed by atoms with van der Waals surface area (Å²) in [5, 5.41) is 5.39. The van der Waals surface area contributed by atoms with E-state index in [1.54, 1.807) is 35.7 Å². The second-order valence-corrected chi connectivity index (χ2v) is 7.52. The molecular formula is C19H14Cl2FN3O2S. The lowest BCUT2D eigenvalue weighted by Crippen LogP contribution is -2.35. The zero-order chi connectivity index (χ0) is 20.3. The third-order valence-corrected chi connectivity index (χ3v) is 5.29. The van der Waals surface area contributed by atoms with Crippen molar-refractivity contribution in [1.82, 2.24) is 9.88 Å². The molecule has 0 atom stereocenters. The standard InChI is InChI=1S/C19H14Cl2FN3O2S/c1-25(9-16(26)24-17-13(20)3-2-4-14(17)21)19(27)15-10-28-18(23-15)11-5-7-12(22)8-6-11/h2-8,10H,9H2,1H3,(H,24,26). The van der Waals surface area contributed by atoms with Gasteiger partial charge in [-0.3, -0.25) is 9.59 Å². The molecule has 0 bridgehead atoms. The van der Waals surface area contributed by atoms with Gasteiger partial charge in [0.2, 0.25) is 5.91 Å². The number of rotatable bonds is 5. The van der Waals surface area contributed by atoms with E-state index in [4.69, 9.17) is 23.2 Å². The molecule has 1 N–H and O–H groups in total. The van der Waals surface area contributed by atoms with Crippen molar-refractivity contribution >= 4 is 52.0 Å². The van der Waals surface area contributed by atoms with Crippen LogP contribution in [0.4, 0.5) is 10.1 Å². The average Bonchev–Trinajstić information content (AvgIpc) is 3.15. The van der Waals surface area contributed by atoms with Crippen LogP contribution in [0.3, 0.4) is 0 Å². The number of anilines is 1. The summed E-state index contributed by atoms with van der Waals surface area (Å²) in [5.41, 5.74) is 1.21. The Morgan fingerprint density at radius 1 is 1.14 bits per heavy atom. The number of thiazole rings is 1. The average molecular weight is 438 g/mol. The molecule has 0 radical (unpaired) electrons. The number of carbonyl (C=O) groups excluding carboxylic acids is 2. The van der Waals surface area contributed by atoms with Crippen molar-refractivity contribution in [3.8, 4) is 10.6 Å². The van der Waals surface area contributed by atoms with E-state index < -0.39 is 11.8 Å². The Morgan fingerprint density at radius 3 is 2.43 bits per heavy atom. The van der Waals surface area contributed by atoms with Gasteiger partial charge < -0.3 is 10.2 Å². The Labute approximate surface area is 174 Å². The second-order valence-electron chi connectivity index (χ2n) is 5.85. The number of likely N-dealkylation sites (N-methyl/N-ethyl adjacent to an activating group) is 1. The van der Waals surface area contributed by atoms with Crippen LogP contribution in [0.25, 0.3) is 10.6 Å². The molecule has 0 aliphatic rings. The number of carbonyl (C=O) groups is 2. The molecule has 3 aromatic rings. The molecule has 3 rings (SSSR count). The molecule has 0 aliphatic heterocycles. The molecule has 2 amide bonds. The van der Waals surface area contributed by atoms with E-state index in [0.29, 0.717) is 26.3 Å². The van der Waals surface area contributed by atoms with Crippen LogP contribution >= 0.6 is 34.5 Å². The molecule has 2 aromatic carbocycles. The summed E-state index contributed by atoms with van der Waals surface area (Å²) in [6, 6.07) is 10.7.